The van der Waals surface area contributed by atoms with E-state index in [1.165, 1.54) is 11.8 Å². The van der Waals surface area contributed by atoms with Crippen molar-refractivity contribution in [2.24, 2.45) is 5.92 Å². The van der Waals surface area contributed by atoms with Gasteiger partial charge in [-0.05, 0) is 13.2 Å². The fourth-order valence-corrected chi connectivity index (χ4v) is 2.86. The minimum atomic E-state index is -0.974. The third-order valence-corrected chi connectivity index (χ3v) is 4.08. The number of Topliss-reactive ketones (excluding diaryl/α,β-unsaturated/α-hetero) is 1. The van der Waals surface area contributed by atoms with E-state index in [-0.39, 0.29) is 18.8 Å². The van der Waals surface area contributed by atoms with Crippen LogP contribution >= 0.6 is 11.8 Å². The first kappa shape index (κ1) is 16.3. The molecule has 1 N–H and O–H groups in total. The van der Waals surface area contributed by atoms with Gasteiger partial charge in [-0.25, -0.2) is 0 Å². The van der Waals surface area contributed by atoms with E-state index >= 15 is 0 Å². The van der Waals surface area contributed by atoms with Crippen LogP contribution in [0.5, 0.6) is 0 Å². The Hall–Kier alpha value is -2.08. The number of ether oxygens (including phenoxy) is 1. The molecule has 1 amide bonds. The molecule has 0 spiro atoms. The van der Waals surface area contributed by atoms with Gasteiger partial charge in [-0.1, -0.05) is 30.3 Å². The van der Waals surface area contributed by atoms with E-state index in [4.69, 9.17) is 4.74 Å². The Kier molecular flexibility index (Phi) is 5.38. The number of rotatable bonds is 5. The Balaban J connectivity index is 2.32. The van der Waals surface area contributed by atoms with E-state index in [0.717, 1.165) is 0 Å². The third-order valence-electron chi connectivity index (χ3n) is 3.32. The molecule has 116 valence electrons. The van der Waals surface area contributed by atoms with Gasteiger partial charge in [0, 0.05) is 17.6 Å². The summed E-state index contributed by atoms with van der Waals surface area (Å²) >= 11 is 1.28. The lowest BCUT2D eigenvalue weighted by molar-refractivity contribution is -0.152. The van der Waals surface area contributed by atoms with E-state index in [9.17, 15) is 14.4 Å². The van der Waals surface area contributed by atoms with Crippen molar-refractivity contribution >= 4 is 29.4 Å². The number of esters is 1. The lowest BCUT2D eigenvalue weighted by atomic mass is 9.91. The summed E-state index contributed by atoms with van der Waals surface area (Å²) in [6, 6.07) is 8.80. The first-order valence-electron chi connectivity index (χ1n) is 6.92. The summed E-state index contributed by atoms with van der Waals surface area (Å²) in [5.74, 6) is -2.18. The average Bonchev–Trinajstić information content (AvgIpc) is 2.54. The number of ketones is 1. The number of carbonyl (C=O) groups is 3. The molecule has 0 aromatic heterocycles. The molecule has 0 aliphatic carbocycles. The van der Waals surface area contributed by atoms with Gasteiger partial charge in [0.15, 0.2) is 5.78 Å². The Morgan fingerprint density at radius 3 is 2.59 bits per heavy atom. The predicted molar refractivity (Wildman–Crippen MR) is 84.2 cm³/mol. The number of benzene rings is 1. The van der Waals surface area contributed by atoms with Crippen LogP contribution in [0.2, 0.25) is 0 Å². The highest BCUT2D eigenvalue weighted by Gasteiger charge is 2.36. The van der Waals surface area contributed by atoms with Crippen molar-refractivity contribution < 1.29 is 19.1 Å². The van der Waals surface area contributed by atoms with Gasteiger partial charge in [0.25, 0.3) is 0 Å². The molecule has 6 heteroatoms. The standard InChI is InChI=1S/C16H17NO4S/c1-3-21-16(20)12-9-11(15(22-2)17-14(12)19)13(18)10-7-5-4-6-8-10/h4-8,12H,3,9H2,1-2H3,(H,17,19). The smallest absolute Gasteiger partial charge is 0.318 e. The fraction of sp³-hybridized carbons (Fsp3) is 0.312. The molecule has 1 unspecified atom stereocenters. The van der Waals surface area contributed by atoms with Gasteiger partial charge < -0.3 is 10.1 Å². The second-order valence-electron chi connectivity index (χ2n) is 4.70. The molecular weight excluding hydrogens is 302 g/mol. The van der Waals surface area contributed by atoms with Gasteiger partial charge in [0.2, 0.25) is 5.91 Å². The summed E-state index contributed by atoms with van der Waals surface area (Å²) in [6.45, 7) is 1.88. The molecule has 1 aromatic carbocycles. The summed E-state index contributed by atoms with van der Waals surface area (Å²) in [7, 11) is 0. The molecule has 1 aliphatic rings. The second-order valence-corrected chi connectivity index (χ2v) is 5.52. The molecule has 2 rings (SSSR count). The Bertz CT molecular complexity index is 624. The molecule has 1 atom stereocenters. The molecule has 0 saturated heterocycles. The van der Waals surface area contributed by atoms with E-state index < -0.39 is 17.8 Å². The van der Waals surface area contributed by atoms with Crippen LogP contribution in [-0.2, 0) is 14.3 Å². The molecule has 1 heterocycles. The van der Waals surface area contributed by atoms with Gasteiger partial charge in [-0.15, -0.1) is 11.8 Å². The Morgan fingerprint density at radius 2 is 2.00 bits per heavy atom. The van der Waals surface area contributed by atoms with E-state index in [1.807, 2.05) is 6.07 Å². The van der Waals surface area contributed by atoms with Gasteiger partial charge >= 0.3 is 5.97 Å². The van der Waals surface area contributed by atoms with Crippen LogP contribution in [0.4, 0.5) is 0 Å². The molecule has 1 aliphatic heterocycles. The minimum Gasteiger partial charge on any atom is -0.465 e. The third kappa shape index (κ3) is 3.39. The summed E-state index contributed by atoms with van der Waals surface area (Å²) in [5, 5.41) is 3.14. The lowest BCUT2D eigenvalue weighted by Gasteiger charge is -2.24. The molecule has 0 bridgehead atoms. The summed E-state index contributed by atoms with van der Waals surface area (Å²) in [5.41, 5.74) is 0.971. The SMILES string of the molecule is CCOC(=O)C1CC(C(=O)c2ccccc2)=C(SC)NC1=O. The Labute approximate surface area is 133 Å². The zero-order valence-electron chi connectivity index (χ0n) is 12.4. The van der Waals surface area contributed by atoms with E-state index in [2.05, 4.69) is 5.32 Å². The van der Waals surface area contributed by atoms with Crippen molar-refractivity contribution in [3.63, 3.8) is 0 Å². The lowest BCUT2D eigenvalue weighted by Crippen LogP contribution is -2.41. The fourth-order valence-electron chi connectivity index (χ4n) is 2.23. The van der Waals surface area contributed by atoms with Crippen molar-refractivity contribution in [2.75, 3.05) is 12.9 Å². The summed E-state index contributed by atoms with van der Waals surface area (Å²) in [4.78, 5) is 36.5. The second kappa shape index (κ2) is 7.26. The average molecular weight is 319 g/mol. The number of thioether (sulfide) groups is 1. The number of hydrogen-bond acceptors (Lipinski definition) is 5. The van der Waals surface area contributed by atoms with Gasteiger partial charge in [0.05, 0.1) is 11.6 Å². The monoisotopic (exact) mass is 319 g/mol. The number of amides is 1. The van der Waals surface area contributed by atoms with E-state index in [0.29, 0.717) is 16.2 Å². The van der Waals surface area contributed by atoms with E-state index in [1.54, 1.807) is 37.4 Å². The van der Waals surface area contributed by atoms with Crippen molar-refractivity contribution in [3.05, 3.63) is 46.5 Å². The molecule has 5 nitrogen and oxygen atoms in total. The predicted octanol–water partition coefficient (Wildman–Crippen LogP) is 2.14. The summed E-state index contributed by atoms with van der Waals surface area (Å²) in [6.07, 6.45) is 1.84. The number of nitrogens with one attached hydrogen (secondary N) is 1. The van der Waals surface area contributed by atoms with Crippen molar-refractivity contribution in [2.45, 2.75) is 13.3 Å². The number of carbonyl (C=O) groups excluding carboxylic acids is 3. The maximum Gasteiger partial charge on any atom is 0.318 e. The highest BCUT2D eigenvalue weighted by atomic mass is 32.2. The maximum atomic E-state index is 12.6. The quantitative estimate of drug-likeness (QED) is 0.511. The zero-order valence-corrected chi connectivity index (χ0v) is 13.2. The Morgan fingerprint density at radius 1 is 1.32 bits per heavy atom. The largest absolute Gasteiger partial charge is 0.465 e. The zero-order chi connectivity index (χ0) is 16.1. The van der Waals surface area contributed by atoms with Crippen LogP contribution < -0.4 is 5.32 Å². The van der Waals surface area contributed by atoms with Crippen LogP contribution in [0.15, 0.2) is 40.9 Å². The van der Waals surface area contributed by atoms with Crippen LogP contribution in [-0.4, -0.2) is 30.5 Å². The molecule has 0 radical (unpaired) electrons. The highest BCUT2D eigenvalue weighted by molar-refractivity contribution is 8.02. The molecule has 22 heavy (non-hydrogen) atoms. The molecule has 1 aromatic rings. The molecule has 0 fully saturated rings. The van der Waals surface area contributed by atoms with Crippen LogP contribution in [0.25, 0.3) is 0 Å². The highest BCUT2D eigenvalue weighted by Crippen LogP contribution is 2.29. The minimum absolute atomic E-state index is 0.0641. The van der Waals surface area contributed by atoms with Crippen molar-refractivity contribution in [1.82, 2.24) is 5.32 Å². The molecular formula is C16H17NO4S. The summed E-state index contributed by atoms with van der Waals surface area (Å²) < 4.78 is 4.91. The van der Waals surface area contributed by atoms with Crippen LogP contribution in [0.3, 0.4) is 0 Å². The number of allylic oxidation sites excluding steroid dienone is 1. The van der Waals surface area contributed by atoms with Crippen LogP contribution in [0, 0.1) is 5.92 Å². The van der Waals surface area contributed by atoms with Crippen LogP contribution in [0.1, 0.15) is 23.7 Å². The van der Waals surface area contributed by atoms with Gasteiger partial charge in [0.1, 0.15) is 5.92 Å². The van der Waals surface area contributed by atoms with Crippen molar-refractivity contribution in [3.8, 4) is 0 Å². The molecule has 0 saturated carbocycles. The normalized spacial score (nSPS) is 17.9. The number of hydrogen-bond donors (Lipinski definition) is 1. The van der Waals surface area contributed by atoms with Gasteiger partial charge in [-0.2, -0.15) is 0 Å². The topological polar surface area (TPSA) is 72.5 Å². The first-order valence-corrected chi connectivity index (χ1v) is 8.15. The van der Waals surface area contributed by atoms with Gasteiger partial charge in [-0.3, -0.25) is 14.4 Å². The maximum absolute atomic E-state index is 12.6. The van der Waals surface area contributed by atoms with Crippen molar-refractivity contribution in [1.29, 1.82) is 0 Å². The first-order chi connectivity index (χ1) is 10.6.